The van der Waals surface area contributed by atoms with Crippen molar-refractivity contribution in [2.24, 2.45) is 11.1 Å². The third-order valence-corrected chi connectivity index (χ3v) is 4.89. The van der Waals surface area contributed by atoms with E-state index in [0.29, 0.717) is 13.2 Å². The normalized spacial score (nSPS) is 22.4. The minimum absolute atomic E-state index is 0. The molecule has 3 rings (SSSR count). The van der Waals surface area contributed by atoms with E-state index in [9.17, 15) is 4.79 Å². The fourth-order valence-electron chi connectivity index (χ4n) is 3.52. The van der Waals surface area contributed by atoms with Crippen molar-refractivity contribution in [2.75, 3.05) is 26.2 Å². The van der Waals surface area contributed by atoms with Crippen molar-refractivity contribution < 1.29 is 14.7 Å². The largest absolute Gasteiger partial charge is 0.481 e. The predicted octanol–water partition coefficient (Wildman–Crippen LogP) is 3.84. The molecule has 0 aromatic heterocycles. The minimum atomic E-state index is -0.689. The number of carboxylic acids is 1. The van der Waals surface area contributed by atoms with E-state index in [-0.39, 0.29) is 18.3 Å². The first-order valence-corrected chi connectivity index (χ1v) is 9.14. The lowest BCUT2D eigenvalue weighted by atomic mass is 9.92. The SMILES string of the molecule is Cl.O=C(O)[C@@H]1CCCN(CCON=C2CCCC=C2c2ccccc2)C1. The number of halogens is 1. The number of rotatable bonds is 6. The monoisotopic (exact) mass is 378 g/mol. The minimum Gasteiger partial charge on any atom is -0.481 e. The zero-order chi connectivity index (χ0) is 17.5. The molecule has 1 aliphatic heterocycles. The van der Waals surface area contributed by atoms with Gasteiger partial charge in [-0.05, 0) is 44.2 Å². The zero-order valence-electron chi connectivity index (χ0n) is 15.0. The highest BCUT2D eigenvalue weighted by atomic mass is 35.5. The van der Waals surface area contributed by atoms with Gasteiger partial charge in [-0.3, -0.25) is 9.69 Å². The molecule has 26 heavy (non-hydrogen) atoms. The number of carboxylic acid groups (broad SMARTS) is 1. The van der Waals surface area contributed by atoms with E-state index in [4.69, 9.17) is 9.94 Å². The third kappa shape index (κ3) is 5.58. The summed E-state index contributed by atoms with van der Waals surface area (Å²) in [4.78, 5) is 18.9. The quantitative estimate of drug-likeness (QED) is 0.603. The lowest BCUT2D eigenvalue weighted by Gasteiger charge is -2.30. The molecule has 1 N–H and O–H groups in total. The van der Waals surface area contributed by atoms with Crippen LogP contribution < -0.4 is 0 Å². The molecule has 0 spiro atoms. The van der Waals surface area contributed by atoms with Crippen molar-refractivity contribution >= 4 is 29.7 Å². The maximum Gasteiger partial charge on any atom is 0.307 e. The Morgan fingerprint density at radius 2 is 2.08 bits per heavy atom. The summed E-state index contributed by atoms with van der Waals surface area (Å²) >= 11 is 0. The second-order valence-electron chi connectivity index (χ2n) is 6.73. The van der Waals surface area contributed by atoms with Gasteiger partial charge in [0.25, 0.3) is 0 Å². The van der Waals surface area contributed by atoms with Gasteiger partial charge < -0.3 is 9.94 Å². The molecule has 1 aliphatic carbocycles. The van der Waals surface area contributed by atoms with Crippen molar-refractivity contribution in [3.8, 4) is 0 Å². The predicted molar refractivity (Wildman–Crippen MR) is 106 cm³/mol. The van der Waals surface area contributed by atoms with Gasteiger partial charge in [0, 0.05) is 18.7 Å². The molecule has 0 amide bonds. The van der Waals surface area contributed by atoms with Crippen molar-refractivity contribution in [1.82, 2.24) is 4.90 Å². The summed E-state index contributed by atoms with van der Waals surface area (Å²) in [6, 6.07) is 10.3. The second-order valence-corrected chi connectivity index (χ2v) is 6.73. The average molecular weight is 379 g/mol. The fraction of sp³-hybridized carbons (Fsp3) is 0.500. The number of aliphatic carboxylic acids is 1. The van der Waals surface area contributed by atoms with E-state index in [2.05, 4.69) is 28.3 Å². The van der Waals surface area contributed by atoms with E-state index >= 15 is 0 Å². The highest BCUT2D eigenvalue weighted by Gasteiger charge is 2.25. The molecule has 0 saturated carbocycles. The number of allylic oxidation sites excluding steroid dienone is 2. The second kappa shape index (κ2) is 10.3. The average Bonchev–Trinajstić information content (AvgIpc) is 2.66. The molecule has 1 heterocycles. The van der Waals surface area contributed by atoms with Crippen molar-refractivity contribution in [3.63, 3.8) is 0 Å². The Morgan fingerprint density at radius 1 is 1.27 bits per heavy atom. The standard InChI is InChI=1S/C20H26N2O3.ClH/c23-20(24)17-9-6-12-22(15-17)13-14-25-21-19-11-5-4-10-18(19)16-7-2-1-3-8-16;/h1-3,7-8,10,17H,4-6,9,11-15H2,(H,23,24);1H/t17-;/m1./s1. The van der Waals surface area contributed by atoms with Crippen molar-refractivity contribution in [2.45, 2.75) is 32.1 Å². The topological polar surface area (TPSA) is 62.1 Å². The number of likely N-dealkylation sites (tertiary alicyclic amines) is 1. The molecule has 1 fully saturated rings. The van der Waals surface area contributed by atoms with Crippen LogP contribution in [0.5, 0.6) is 0 Å². The van der Waals surface area contributed by atoms with Gasteiger partial charge in [0.05, 0.1) is 11.6 Å². The van der Waals surface area contributed by atoms with Gasteiger partial charge in [0.2, 0.25) is 0 Å². The first-order chi connectivity index (χ1) is 12.2. The van der Waals surface area contributed by atoms with Crippen molar-refractivity contribution in [3.05, 3.63) is 42.0 Å². The van der Waals surface area contributed by atoms with Gasteiger partial charge in [-0.25, -0.2) is 0 Å². The van der Waals surface area contributed by atoms with Gasteiger partial charge in [-0.2, -0.15) is 0 Å². The van der Waals surface area contributed by atoms with E-state index in [1.807, 2.05) is 18.2 Å². The number of nitrogens with zero attached hydrogens (tertiary/aromatic N) is 2. The van der Waals surface area contributed by atoms with Crippen LogP contribution in [-0.4, -0.2) is 47.9 Å². The molecule has 5 nitrogen and oxygen atoms in total. The maximum absolute atomic E-state index is 11.1. The van der Waals surface area contributed by atoms with Gasteiger partial charge in [-0.1, -0.05) is 41.6 Å². The molecule has 0 radical (unpaired) electrons. The number of carbonyl (C=O) groups is 1. The molecule has 1 aromatic rings. The molecule has 1 atom stereocenters. The lowest BCUT2D eigenvalue weighted by molar-refractivity contribution is -0.143. The highest BCUT2D eigenvalue weighted by Crippen LogP contribution is 2.25. The maximum atomic E-state index is 11.1. The van der Waals surface area contributed by atoms with Crippen LogP contribution in [0.15, 0.2) is 41.6 Å². The van der Waals surface area contributed by atoms with Crippen LogP contribution in [0.1, 0.15) is 37.7 Å². The van der Waals surface area contributed by atoms with Gasteiger partial charge in [0.15, 0.2) is 0 Å². The Balaban J connectivity index is 0.00000243. The molecule has 1 saturated heterocycles. The summed E-state index contributed by atoms with van der Waals surface area (Å²) in [7, 11) is 0. The van der Waals surface area contributed by atoms with Crippen LogP contribution in [-0.2, 0) is 9.63 Å². The molecule has 6 heteroatoms. The number of piperidine rings is 1. The summed E-state index contributed by atoms with van der Waals surface area (Å²) in [5.74, 6) is -0.934. The molecule has 2 aliphatic rings. The number of oxime groups is 1. The molecule has 0 unspecified atom stereocenters. The molecule has 142 valence electrons. The van der Waals surface area contributed by atoms with Crippen LogP contribution in [0.3, 0.4) is 0 Å². The van der Waals surface area contributed by atoms with Crippen LogP contribution in [0.4, 0.5) is 0 Å². The number of hydrogen-bond acceptors (Lipinski definition) is 4. The number of hydrogen-bond donors (Lipinski definition) is 1. The highest BCUT2D eigenvalue weighted by molar-refractivity contribution is 6.24. The van der Waals surface area contributed by atoms with E-state index in [1.165, 1.54) is 11.1 Å². The summed E-state index contributed by atoms with van der Waals surface area (Å²) in [6.07, 6.45) is 7.07. The van der Waals surface area contributed by atoms with Gasteiger partial charge in [0.1, 0.15) is 6.61 Å². The lowest BCUT2D eigenvalue weighted by Crippen LogP contribution is -2.40. The van der Waals surface area contributed by atoms with Crippen LogP contribution >= 0.6 is 12.4 Å². The Kier molecular flexibility index (Phi) is 8.13. The molecule has 0 bridgehead atoms. The van der Waals surface area contributed by atoms with Crippen LogP contribution in [0.25, 0.3) is 5.57 Å². The van der Waals surface area contributed by atoms with Crippen LogP contribution in [0.2, 0.25) is 0 Å². The molecular formula is C20H27ClN2O3. The van der Waals surface area contributed by atoms with Crippen LogP contribution in [0, 0.1) is 5.92 Å². The zero-order valence-corrected chi connectivity index (χ0v) is 15.8. The summed E-state index contributed by atoms with van der Waals surface area (Å²) in [5.41, 5.74) is 3.38. The molecule has 1 aromatic carbocycles. The Bertz CT molecular complexity index is 646. The van der Waals surface area contributed by atoms with E-state index < -0.39 is 5.97 Å². The van der Waals surface area contributed by atoms with E-state index in [0.717, 1.165) is 50.9 Å². The first-order valence-electron chi connectivity index (χ1n) is 9.14. The summed E-state index contributed by atoms with van der Waals surface area (Å²) in [6.45, 7) is 2.78. The fourth-order valence-corrected chi connectivity index (χ4v) is 3.52. The van der Waals surface area contributed by atoms with Gasteiger partial charge in [-0.15, -0.1) is 12.4 Å². The molecular weight excluding hydrogens is 352 g/mol. The number of benzene rings is 1. The third-order valence-electron chi connectivity index (χ3n) is 4.89. The Morgan fingerprint density at radius 3 is 2.85 bits per heavy atom. The Labute approximate surface area is 161 Å². The summed E-state index contributed by atoms with van der Waals surface area (Å²) in [5, 5.41) is 13.5. The van der Waals surface area contributed by atoms with Crippen molar-refractivity contribution in [1.29, 1.82) is 0 Å². The van der Waals surface area contributed by atoms with E-state index in [1.54, 1.807) is 0 Å². The first kappa shape index (κ1) is 20.5. The summed E-state index contributed by atoms with van der Waals surface area (Å²) < 4.78 is 0. The Hall–Kier alpha value is -1.85. The smallest absolute Gasteiger partial charge is 0.307 e. The van der Waals surface area contributed by atoms with Gasteiger partial charge >= 0.3 is 5.97 Å².